The summed E-state index contributed by atoms with van der Waals surface area (Å²) in [6.45, 7) is 0.992. The molecular weight excluding hydrogens is 485 g/mol. The molecule has 32 heavy (non-hydrogen) atoms. The normalized spacial score (nSPS) is 20.7. The van der Waals surface area contributed by atoms with Crippen molar-refractivity contribution < 1.29 is 31.3 Å². The standard InChI is InChI=1S/C26H25NO3P.BrH/c28-25-24(16-18-27(25)23-17-19-30-26(23)29)31(20-10-4-1-5-11-20,21-12-6-2-7-13-21)22-14-8-3-9-15-22;/h1-15,23-24H,16-19H2;1H/q+1;/p-1/t23-,24-;/m0./s1. The second-order valence-electron chi connectivity index (χ2n) is 8.04. The van der Waals surface area contributed by atoms with E-state index < -0.39 is 13.3 Å². The molecule has 164 valence electrons. The Kier molecular flexibility index (Phi) is 6.78. The van der Waals surface area contributed by atoms with E-state index in [1.165, 1.54) is 15.9 Å². The molecule has 2 atom stereocenters. The maximum absolute atomic E-state index is 14.0. The van der Waals surface area contributed by atoms with E-state index in [4.69, 9.17) is 4.74 Å². The van der Waals surface area contributed by atoms with Crippen molar-refractivity contribution in [3.8, 4) is 0 Å². The van der Waals surface area contributed by atoms with Gasteiger partial charge in [0.25, 0.3) is 5.91 Å². The lowest BCUT2D eigenvalue weighted by atomic mass is 10.2. The lowest BCUT2D eigenvalue weighted by molar-refractivity contribution is -0.146. The third-order valence-electron chi connectivity index (χ3n) is 6.45. The van der Waals surface area contributed by atoms with Gasteiger partial charge in [-0.05, 0) is 36.4 Å². The van der Waals surface area contributed by atoms with E-state index in [0.717, 1.165) is 6.42 Å². The first kappa shape index (κ1) is 22.7. The molecule has 5 rings (SSSR count). The van der Waals surface area contributed by atoms with Crippen LogP contribution in [0.15, 0.2) is 91.0 Å². The summed E-state index contributed by atoms with van der Waals surface area (Å²) in [7, 11) is -2.30. The number of hydrogen-bond acceptors (Lipinski definition) is 3. The number of nitrogens with zero attached hydrogens (tertiary/aromatic N) is 1. The smallest absolute Gasteiger partial charge is 0.328 e. The molecule has 2 aliphatic heterocycles. The highest BCUT2D eigenvalue weighted by atomic mass is 79.9. The summed E-state index contributed by atoms with van der Waals surface area (Å²) in [6, 6.07) is 30.9. The number of hydrogen-bond donors (Lipinski definition) is 0. The lowest BCUT2D eigenvalue weighted by Gasteiger charge is -2.32. The number of rotatable bonds is 5. The van der Waals surface area contributed by atoms with Gasteiger partial charge in [0, 0.05) is 19.4 Å². The minimum absolute atomic E-state index is 0. The minimum atomic E-state index is -2.30. The van der Waals surface area contributed by atoms with Crippen LogP contribution in [0.1, 0.15) is 12.8 Å². The van der Waals surface area contributed by atoms with Gasteiger partial charge in [-0.1, -0.05) is 54.6 Å². The van der Waals surface area contributed by atoms with Gasteiger partial charge in [0.1, 0.15) is 29.2 Å². The highest BCUT2D eigenvalue weighted by molar-refractivity contribution is 7.96. The largest absolute Gasteiger partial charge is 1.00 e. The fraction of sp³-hybridized carbons (Fsp3) is 0.231. The molecule has 0 saturated carbocycles. The quantitative estimate of drug-likeness (QED) is 0.356. The molecule has 0 unspecified atom stereocenters. The fourth-order valence-corrected chi connectivity index (χ4v) is 9.98. The maximum atomic E-state index is 14.0. The van der Waals surface area contributed by atoms with Crippen LogP contribution in [0, 0.1) is 0 Å². The topological polar surface area (TPSA) is 46.6 Å². The van der Waals surface area contributed by atoms with Crippen LogP contribution in [0.5, 0.6) is 0 Å². The number of cyclic esters (lactones) is 1. The molecule has 0 radical (unpaired) electrons. The molecule has 0 aliphatic carbocycles. The van der Waals surface area contributed by atoms with Crippen molar-refractivity contribution in [2.75, 3.05) is 13.2 Å². The van der Waals surface area contributed by atoms with Gasteiger partial charge in [-0.3, -0.25) is 4.79 Å². The number of amides is 1. The number of likely N-dealkylation sites (tertiary alicyclic amines) is 1. The van der Waals surface area contributed by atoms with Crippen molar-refractivity contribution in [3.05, 3.63) is 91.0 Å². The van der Waals surface area contributed by atoms with E-state index >= 15 is 0 Å². The molecule has 6 heteroatoms. The van der Waals surface area contributed by atoms with Crippen LogP contribution < -0.4 is 32.9 Å². The molecule has 3 aromatic carbocycles. The number of esters is 1. The summed E-state index contributed by atoms with van der Waals surface area (Å²) < 4.78 is 5.18. The SMILES string of the molecule is O=C1OCC[C@@H]1N1CC[C@H]([P+](c2ccccc2)(c2ccccc2)c2ccccc2)C1=O.[Br-]. The first-order valence-electron chi connectivity index (χ1n) is 10.8. The van der Waals surface area contributed by atoms with Crippen LogP contribution in [-0.2, 0) is 14.3 Å². The molecule has 3 aromatic rings. The number of halogens is 1. The van der Waals surface area contributed by atoms with Crippen molar-refractivity contribution in [3.63, 3.8) is 0 Å². The Labute approximate surface area is 199 Å². The molecule has 2 aliphatic rings. The van der Waals surface area contributed by atoms with Gasteiger partial charge in [-0.2, -0.15) is 0 Å². The van der Waals surface area contributed by atoms with Gasteiger partial charge in [0.15, 0.2) is 5.66 Å². The zero-order valence-electron chi connectivity index (χ0n) is 17.6. The van der Waals surface area contributed by atoms with Crippen LogP contribution in [0.4, 0.5) is 0 Å². The summed E-state index contributed by atoms with van der Waals surface area (Å²) in [4.78, 5) is 28.0. The summed E-state index contributed by atoms with van der Waals surface area (Å²) in [5.41, 5.74) is -0.201. The van der Waals surface area contributed by atoms with E-state index in [1.54, 1.807) is 4.90 Å². The predicted molar refractivity (Wildman–Crippen MR) is 125 cm³/mol. The van der Waals surface area contributed by atoms with Gasteiger partial charge < -0.3 is 26.6 Å². The molecule has 1 amide bonds. The number of carbonyl (C=O) groups excluding carboxylic acids is 2. The molecule has 4 nitrogen and oxygen atoms in total. The molecule has 0 bridgehead atoms. The van der Waals surface area contributed by atoms with Crippen molar-refractivity contribution in [2.45, 2.75) is 24.5 Å². The zero-order chi connectivity index (χ0) is 21.3. The fourth-order valence-electron chi connectivity index (χ4n) is 5.10. The molecule has 0 aromatic heterocycles. The number of benzene rings is 3. The van der Waals surface area contributed by atoms with Gasteiger partial charge in [-0.25, -0.2) is 4.79 Å². The monoisotopic (exact) mass is 509 g/mol. The summed E-state index contributed by atoms with van der Waals surface area (Å²) in [5.74, 6) is -0.189. The van der Waals surface area contributed by atoms with Crippen molar-refractivity contribution in [2.24, 2.45) is 0 Å². The Morgan fingerprint density at radius 3 is 1.59 bits per heavy atom. The molecule has 2 heterocycles. The van der Waals surface area contributed by atoms with E-state index in [2.05, 4.69) is 72.8 Å². The highest BCUT2D eigenvalue weighted by Gasteiger charge is 2.60. The minimum Gasteiger partial charge on any atom is -1.00 e. The predicted octanol–water partition coefficient (Wildman–Crippen LogP) is -0.0991. The molecular formula is C26H25BrNO3P. The molecule has 0 spiro atoms. The van der Waals surface area contributed by atoms with Crippen LogP contribution in [0.25, 0.3) is 0 Å². The maximum Gasteiger partial charge on any atom is 0.328 e. The van der Waals surface area contributed by atoms with Gasteiger partial charge in [0.2, 0.25) is 0 Å². The Hall–Kier alpha value is -2.49. The Balaban J connectivity index is 0.00000245. The van der Waals surface area contributed by atoms with Crippen LogP contribution >= 0.6 is 7.26 Å². The number of carbonyl (C=O) groups is 2. The zero-order valence-corrected chi connectivity index (χ0v) is 20.1. The third-order valence-corrected chi connectivity index (χ3v) is 11.2. The molecule has 2 saturated heterocycles. The lowest BCUT2D eigenvalue weighted by Crippen LogP contribution is -3.00. The molecule has 0 N–H and O–H groups in total. The summed E-state index contributed by atoms with van der Waals surface area (Å²) in [5, 5.41) is 3.59. The highest BCUT2D eigenvalue weighted by Crippen LogP contribution is 2.62. The van der Waals surface area contributed by atoms with Crippen LogP contribution in [0.3, 0.4) is 0 Å². The van der Waals surface area contributed by atoms with E-state index in [0.29, 0.717) is 19.6 Å². The average molecular weight is 510 g/mol. The summed E-state index contributed by atoms with van der Waals surface area (Å²) in [6.07, 6.45) is 1.32. The average Bonchev–Trinajstić information content (AvgIpc) is 3.42. The van der Waals surface area contributed by atoms with Crippen molar-refractivity contribution >= 4 is 35.1 Å². The Morgan fingerprint density at radius 1 is 0.719 bits per heavy atom. The second kappa shape index (κ2) is 9.56. The van der Waals surface area contributed by atoms with Gasteiger partial charge >= 0.3 is 5.97 Å². The van der Waals surface area contributed by atoms with Crippen molar-refractivity contribution in [1.82, 2.24) is 4.90 Å². The third kappa shape index (κ3) is 3.68. The van der Waals surface area contributed by atoms with E-state index in [9.17, 15) is 9.59 Å². The Bertz CT molecular complexity index is 981. The van der Waals surface area contributed by atoms with Gasteiger partial charge in [-0.15, -0.1) is 0 Å². The second-order valence-corrected chi connectivity index (χ2v) is 11.7. The van der Waals surface area contributed by atoms with Gasteiger partial charge in [0.05, 0.1) is 6.61 Å². The summed E-state index contributed by atoms with van der Waals surface area (Å²) >= 11 is 0. The first-order chi connectivity index (χ1) is 15.2. The van der Waals surface area contributed by atoms with E-state index in [-0.39, 0.29) is 34.5 Å². The Morgan fingerprint density at radius 2 is 1.19 bits per heavy atom. The van der Waals surface area contributed by atoms with Crippen LogP contribution in [-0.4, -0.2) is 41.6 Å². The molecule has 2 fully saturated rings. The van der Waals surface area contributed by atoms with Crippen molar-refractivity contribution in [1.29, 1.82) is 0 Å². The first-order valence-corrected chi connectivity index (χ1v) is 12.6. The van der Waals surface area contributed by atoms with Crippen LogP contribution in [0.2, 0.25) is 0 Å². The number of ether oxygens (including phenoxy) is 1. The van der Waals surface area contributed by atoms with E-state index in [1.807, 2.05) is 18.2 Å².